The zero-order valence-electron chi connectivity index (χ0n) is 9.37. The average Bonchev–Trinajstić information content (AvgIpc) is 2.32. The van der Waals surface area contributed by atoms with Crippen molar-refractivity contribution in [3.05, 3.63) is 53.1 Å². The Morgan fingerprint density at radius 1 is 1.29 bits per heavy atom. The fraction of sp³-hybridized carbons (Fsp3) is 0.154. The highest BCUT2D eigenvalue weighted by molar-refractivity contribution is 6.30. The van der Waals surface area contributed by atoms with Crippen LogP contribution in [0.15, 0.2) is 36.7 Å². The molecule has 1 aromatic carbocycles. The highest BCUT2D eigenvalue weighted by Gasteiger charge is 2.07. The topological polar surface area (TPSA) is 24.9 Å². The van der Waals surface area contributed by atoms with Gasteiger partial charge in [0, 0.05) is 23.3 Å². The summed E-state index contributed by atoms with van der Waals surface area (Å²) in [7, 11) is 1.86. The monoisotopic (exact) mass is 250 g/mol. The molecule has 88 valence electrons. The second-order valence-electron chi connectivity index (χ2n) is 3.72. The normalized spacial score (nSPS) is 10.5. The van der Waals surface area contributed by atoms with E-state index in [1.165, 1.54) is 12.3 Å². The van der Waals surface area contributed by atoms with Crippen LogP contribution in [0.5, 0.6) is 0 Å². The molecule has 0 aliphatic heterocycles. The average molecular weight is 251 g/mol. The van der Waals surface area contributed by atoms with Gasteiger partial charge in [0.1, 0.15) is 5.82 Å². The van der Waals surface area contributed by atoms with Gasteiger partial charge in [-0.05, 0) is 36.4 Å². The Morgan fingerprint density at radius 3 is 2.82 bits per heavy atom. The van der Waals surface area contributed by atoms with Gasteiger partial charge >= 0.3 is 0 Å². The van der Waals surface area contributed by atoms with Gasteiger partial charge in [0.25, 0.3) is 0 Å². The molecule has 1 aromatic heterocycles. The number of nitrogens with one attached hydrogen (secondary N) is 1. The van der Waals surface area contributed by atoms with Gasteiger partial charge < -0.3 is 5.32 Å². The first-order valence-electron chi connectivity index (χ1n) is 5.24. The van der Waals surface area contributed by atoms with E-state index in [0.717, 1.165) is 16.7 Å². The van der Waals surface area contributed by atoms with Gasteiger partial charge in [-0.3, -0.25) is 4.98 Å². The summed E-state index contributed by atoms with van der Waals surface area (Å²) < 4.78 is 13.2. The summed E-state index contributed by atoms with van der Waals surface area (Å²) in [5, 5.41) is 3.70. The van der Waals surface area contributed by atoms with Crippen LogP contribution in [0.2, 0.25) is 5.02 Å². The summed E-state index contributed by atoms with van der Waals surface area (Å²) >= 11 is 5.97. The van der Waals surface area contributed by atoms with E-state index in [1.54, 1.807) is 6.20 Å². The van der Waals surface area contributed by atoms with Crippen LogP contribution in [0, 0.1) is 5.82 Å². The standard InChI is InChI=1S/C13H12ClFN2/c1-16-6-9-2-3-11(14)5-13(9)10-4-12(15)8-17-7-10/h2-5,7-8,16H,6H2,1H3. The van der Waals surface area contributed by atoms with Crippen LogP contribution < -0.4 is 5.32 Å². The lowest BCUT2D eigenvalue weighted by molar-refractivity contribution is 0.622. The first kappa shape index (κ1) is 12.0. The molecule has 0 saturated carbocycles. The molecule has 2 rings (SSSR count). The molecule has 0 aliphatic carbocycles. The van der Waals surface area contributed by atoms with Crippen LogP contribution in [0.3, 0.4) is 0 Å². The summed E-state index contributed by atoms with van der Waals surface area (Å²) in [6.45, 7) is 0.697. The highest BCUT2D eigenvalue weighted by atomic mass is 35.5. The molecule has 0 spiro atoms. The molecule has 17 heavy (non-hydrogen) atoms. The fourth-order valence-electron chi connectivity index (χ4n) is 1.72. The van der Waals surface area contributed by atoms with Gasteiger partial charge in [-0.1, -0.05) is 17.7 Å². The molecule has 0 saturated heterocycles. The molecule has 2 nitrogen and oxygen atoms in total. The lowest BCUT2D eigenvalue weighted by Gasteiger charge is -2.09. The minimum Gasteiger partial charge on any atom is -0.316 e. The molecule has 0 aliphatic rings. The quantitative estimate of drug-likeness (QED) is 0.905. The Morgan fingerprint density at radius 2 is 2.12 bits per heavy atom. The Bertz CT molecular complexity index is 529. The number of aromatic nitrogens is 1. The molecule has 0 fully saturated rings. The van der Waals surface area contributed by atoms with E-state index < -0.39 is 0 Å². The van der Waals surface area contributed by atoms with Crippen LogP contribution >= 0.6 is 11.6 Å². The first-order valence-corrected chi connectivity index (χ1v) is 5.62. The van der Waals surface area contributed by atoms with Gasteiger partial charge in [-0.25, -0.2) is 4.39 Å². The number of hydrogen-bond acceptors (Lipinski definition) is 2. The number of hydrogen-bond donors (Lipinski definition) is 1. The van der Waals surface area contributed by atoms with Crippen molar-refractivity contribution in [3.8, 4) is 11.1 Å². The van der Waals surface area contributed by atoms with E-state index in [0.29, 0.717) is 11.6 Å². The van der Waals surface area contributed by atoms with Crippen molar-refractivity contribution in [1.29, 1.82) is 0 Å². The molecule has 1 heterocycles. The second-order valence-corrected chi connectivity index (χ2v) is 4.16. The maximum Gasteiger partial charge on any atom is 0.142 e. The third-order valence-corrected chi connectivity index (χ3v) is 2.69. The summed E-state index contributed by atoms with van der Waals surface area (Å²) in [6.07, 6.45) is 2.82. The lowest BCUT2D eigenvalue weighted by atomic mass is 10.0. The molecular weight excluding hydrogens is 239 g/mol. The van der Waals surface area contributed by atoms with Crippen LogP contribution in [-0.4, -0.2) is 12.0 Å². The molecule has 2 aromatic rings. The van der Waals surface area contributed by atoms with Crippen LogP contribution in [-0.2, 0) is 6.54 Å². The van der Waals surface area contributed by atoms with E-state index >= 15 is 0 Å². The Labute approximate surface area is 104 Å². The molecule has 0 amide bonds. The predicted molar refractivity (Wildman–Crippen MR) is 67.4 cm³/mol. The summed E-state index contributed by atoms with van der Waals surface area (Å²) in [4.78, 5) is 3.85. The van der Waals surface area contributed by atoms with E-state index in [-0.39, 0.29) is 5.82 Å². The Balaban J connectivity index is 2.52. The molecule has 0 unspecified atom stereocenters. The SMILES string of the molecule is CNCc1ccc(Cl)cc1-c1cncc(F)c1. The van der Waals surface area contributed by atoms with E-state index in [9.17, 15) is 4.39 Å². The lowest BCUT2D eigenvalue weighted by Crippen LogP contribution is -2.06. The Hall–Kier alpha value is -1.45. The Kier molecular flexibility index (Phi) is 3.71. The van der Waals surface area contributed by atoms with E-state index in [4.69, 9.17) is 11.6 Å². The highest BCUT2D eigenvalue weighted by Crippen LogP contribution is 2.26. The zero-order chi connectivity index (χ0) is 12.3. The van der Waals surface area contributed by atoms with Crippen LogP contribution in [0.1, 0.15) is 5.56 Å². The number of nitrogens with zero attached hydrogens (tertiary/aromatic N) is 1. The zero-order valence-corrected chi connectivity index (χ0v) is 10.1. The molecule has 1 N–H and O–H groups in total. The maximum absolute atomic E-state index is 13.2. The number of halogens is 2. The van der Waals surface area contributed by atoms with Gasteiger partial charge in [-0.15, -0.1) is 0 Å². The van der Waals surface area contributed by atoms with Gasteiger partial charge in [-0.2, -0.15) is 0 Å². The van der Waals surface area contributed by atoms with Crippen molar-refractivity contribution < 1.29 is 4.39 Å². The van der Waals surface area contributed by atoms with E-state index in [1.807, 2.05) is 25.2 Å². The minimum atomic E-state index is -0.349. The van der Waals surface area contributed by atoms with Crippen LogP contribution in [0.25, 0.3) is 11.1 Å². The van der Waals surface area contributed by atoms with Gasteiger partial charge in [0.05, 0.1) is 6.20 Å². The van der Waals surface area contributed by atoms with Crippen LogP contribution in [0.4, 0.5) is 4.39 Å². The summed E-state index contributed by atoms with van der Waals surface area (Å²) in [5.74, 6) is -0.349. The smallest absolute Gasteiger partial charge is 0.142 e. The van der Waals surface area contributed by atoms with Crippen molar-refractivity contribution in [2.24, 2.45) is 0 Å². The fourth-order valence-corrected chi connectivity index (χ4v) is 1.89. The molecular formula is C13H12ClFN2. The molecule has 0 atom stereocenters. The number of pyridine rings is 1. The van der Waals surface area contributed by atoms with Crippen molar-refractivity contribution in [3.63, 3.8) is 0 Å². The van der Waals surface area contributed by atoms with Crippen molar-refractivity contribution in [2.45, 2.75) is 6.54 Å². The van der Waals surface area contributed by atoms with Crippen molar-refractivity contribution in [1.82, 2.24) is 10.3 Å². The minimum absolute atomic E-state index is 0.349. The largest absolute Gasteiger partial charge is 0.316 e. The van der Waals surface area contributed by atoms with E-state index in [2.05, 4.69) is 10.3 Å². The molecule has 4 heteroatoms. The van der Waals surface area contributed by atoms with Crippen molar-refractivity contribution in [2.75, 3.05) is 7.05 Å². The third kappa shape index (κ3) is 2.81. The van der Waals surface area contributed by atoms with Gasteiger partial charge in [0.2, 0.25) is 0 Å². The predicted octanol–water partition coefficient (Wildman–Crippen LogP) is 3.26. The van der Waals surface area contributed by atoms with Gasteiger partial charge in [0.15, 0.2) is 0 Å². The summed E-state index contributed by atoms with van der Waals surface area (Å²) in [5.41, 5.74) is 2.70. The molecule has 0 bridgehead atoms. The number of rotatable bonds is 3. The third-order valence-electron chi connectivity index (χ3n) is 2.46. The van der Waals surface area contributed by atoms with Crippen molar-refractivity contribution >= 4 is 11.6 Å². The maximum atomic E-state index is 13.2. The second kappa shape index (κ2) is 5.25. The molecule has 0 radical (unpaired) electrons. The summed E-state index contributed by atoms with van der Waals surface area (Å²) in [6, 6.07) is 7.03. The number of benzene rings is 1. The first-order chi connectivity index (χ1) is 8.20.